The van der Waals surface area contributed by atoms with Gasteiger partial charge in [0.2, 0.25) is 5.91 Å². The van der Waals surface area contributed by atoms with Gasteiger partial charge in [0.15, 0.2) is 5.76 Å². The first-order valence-corrected chi connectivity index (χ1v) is 17.6. The number of carbonyl (C=O) groups is 1. The van der Waals surface area contributed by atoms with Gasteiger partial charge in [-0.1, -0.05) is 17.7 Å². The van der Waals surface area contributed by atoms with Crippen molar-refractivity contribution in [1.82, 2.24) is 14.9 Å². The molecule has 1 aliphatic carbocycles. The molecule has 1 aliphatic rings. The van der Waals surface area contributed by atoms with Gasteiger partial charge in [0.1, 0.15) is 17.3 Å². The van der Waals surface area contributed by atoms with E-state index in [4.69, 9.17) is 45.6 Å². The first kappa shape index (κ1) is 40.6. The van der Waals surface area contributed by atoms with Crippen LogP contribution < -0.4 is 20.5 Å². The predicted molar refractivity (Wildman–Crippen MR) is 209 cm³/mol. The van der Waals surface area contributed by atoms with E-state index in [1.165, 1.54) is 0 Å². The highest BCUT2D eigenvalue weighted by Gasteiger charge is 2.25. The minimum Gasteiger partial charge on any atom is -0.496 e. The fraction of sp³-hybridized carbons (Fsp3) is 0.381. The summed E-state index contributed by atoms with van der Waals surface area (Å²) < 4.78 is 35.3. The minimum absolute atomic E-state index is 0.102. The zero-order chi connectivity index (χ0) is 38.2. The molecule has 0 atom stereocenters. The van der Waals surface area contributed by atoms with Crippen molar-refractivity contribution in [2.75, 3.05) is 74.6 Å². The molecule has 3 aromatic rings. The molecule has 0 radical (unpaired) electrons. The van der Waals surface area contributed by atoms with E-state index in [-0.39, 0.29) is 5.91 Å². The molecule has 11 heteroatoms. The van der Waals surface area contributed by atoms with Gasteiger partial charge in [-0.15, -0.1) is 6.42 Å². The number of imidazole rings is 1. The molecular formula is C42H52N4O7. The largest absolute Gasteiger partial charge is 0.496 e. The van der Waals surface area contributed by atoms with Crippen LogP contribution in [0.15, 0.2) is 77.6 Å². The molecule has 4 rings (SSSR count). The van der Waals surface area contributed by atoms with Gasteiger partial charge in [-0.2, -0.15) is 0 Å². The number of ether oxygens (including phenoxy) is 6. The van der Waals surface area contributed by atoms with Crippen LogP contribution in [0.2, 0.25) is 0 Å². The summed E-state index contributed by atoms with van der Waals surface area (Å²) in [5.41, 5.74) is 13.6. The summed E-state index contributed by atoms with van der Waals surface area (Å²) in [4.78, 5) is 18.4. The average Bonchev–Trinajstić information content (AvgIpc) is 3.54. The molecule has 3 N–H and O–H groups in total. The van der Waals surface area contributed by atoms with E-state index in [0.717, 1.165) is 56.3 Å². The summed E-state index contributed by atoms with van der Waals surface area (Å²) in [5, 5.41) is 2.96. The molecule has 2 aromatic carbocycles. The topological polar surface area (TPSA) is 128 Å². The molecule has 11 nitrogen and oxygen atoms in total. The van der Waals surface area contributed by atoms with E-state index in [1.54, 1.807) is 34.5 Å². The van der Waals surface area contributed by atoms with E-state index in [2.05, 4.69) is 27.9 Å². The lowest BCUT2D eigenvalue weighted by Gasteiger charge is -2.19. The van der Waals surface area contributed by atoms with Crippen LogP contribution in [0.3, 0.4) is 0 Å². The Bertz CT molecular complexity index is 1880. The van der Waals surface area contributed by atoms with Crippen molar-refractivity contribution in [3.63, 3.8) is 0 Å². The molecule has 0 spiro atoms. The maximum absolute atomic E-state index is 13.0. The van der Waals surface area contributed by atoms with Crippen molar-refractivity contribution in [3.05, 3.63) is 94.6 Å². The summed E-state index contributed by atoms with van der Waals surface area (Å²) in [7, 11) is 6.51. The molecule has 1 heterocycles. The summed E-state index contributed by atoms with van der Waals surface area (Å²) >= 11 is 0. The quantitative estimate of drug-likeness (QED) is 0.0644. The predicted octanol–water partition coefficient (Wildman–Crippen LogP) is 5.80. The highest BCUT2D eigenvalue weighted by molar-refractivity contribution is 5.94. The van der Waals surface area contributed by atoms with E-state index >= 15 is 0 Å². The lowest BCUT2D eigenvalue weighted by Crippen LogP contribution is -2.29. The standard InChI is InChI=1S/C42H52N4O7/c1-8-36(49-5)27-35(17-20-48-4)41-45-39(33-13-15-37(50-6)29(2)25-33)40(34-14-16-38(51-7)30(3)26-34)46(41)28-31-9-11-32(12-10-31)42(47)44-19-22-53-24-23-52-21-18-43/h1,9,11,13-17,25-27H,10,12,18-24,28,43H2,2-7H3,(H,44,47)/b35-17+,36-27+. The molecule has 0 fully saturated rings. The van der Waals surface area contributed by atoms with Crippen LogP contribution >= 0.6 is 0 Å². The van der Waals surface area contributed by atoms with E-state index in [0.29, 0.717) is 82.7 Å². The lowest BCUT2D eigenvalue weighted by atomic mass is 9.97. The Morgan fingerprint density at radius 1 is 0.943 bits per heavy atom. The Balaban J connectivity index is 1.80. The first-order chi connectivity index (χ1) is 25.8. The third kappa shape index (κ3) is 10.9. The second-order valence-electron chi connectivity index (χ2n) is 12.3. The number of carbonyl (C=O) groups excluding carboxylic acids is 1. The fourth-order valence-electron chi connectivity index (χ4n) is 6.02. The molecule has 282 valence electrons. The number of aromatic nitrogens is 2. The number of nitrogens with one attached hydrogen (secondary N) is 1. The summed E-state index contributed by atoms with van der Waals surface area (Å²) in [6.07, 6.45) is 14.8. The Labute approximate surface area is 313 Å². The molecule has 0 saturated carbocycles. The van der Waals surface area contributed by atoms with Crippen LogP contribution in [0.5, 0.6) is 11.5 Å². The monoisotopic (exact) mass is 724 g/mol. The normalized spacial score (nSPS) is 13.2. The third-order valence-corrected chi connectivity index (χ3v) is 8.74. The number of allylic oxidation sites excluding steroid dienone is 6. The Morgan fingerprint density at radius 2 is 1.62 bits per heavy atom. The van der Waals surface area contributed by atoms with Gasteiger partial charge in [0.25, 0.3) is 0 Å². The zero-order valence-corrected chi connectivity index (χ0v) is 31.8. The molecule has 0 bridgehead atoms. The van der Waals surface area contributed by atoms with Crippen molar-refractivity contribution in [2.24, 2.45) is 5.73 Å². The smallest absolute Gasteiger partial charge is 0.247 e. The number of methoxy groups -OCH3 is 4. The van der Waals surface area contributed by atoms with Gasteiger partial charge in [0, 0.05) is 49.0 Å². The Hall–Kier alpha value is -5.12. The minimum atomic E-state index is -0.102. The molecule has 1 amide bonds. The maximum atomic E-state index is 13.0. The number of aryl methyl sites for hydroxylation is 2. The van der Waals surface area contributed by atoms with Crippen LogP contribution in [0.25, 0.3) is 28.1 Å². The van der Waals surface area contributed by atoms with Gasteiger partial charge in [-0.3, -0.25) is 4.79 Å². The summed E-state index contributed by atoms with van der Waals surface area (Å²) in [5.74, 6) is 5.13. The van der Waals surface area contributed by atoms with E-state index in [9.17, 15) is 4.79 Å². The van der Waals surface area contributed by atoms with Gasteiger partial charge < -0.3 is 44.0 Å². The number of amides is 1. The number of terminal acetylenes is 1. The molecule has 0 aliphatic heterocycles. The van der Waals surface area contributed by atoms with Crippen molar-refractivity contribution in [3.8, 4) is 46.4 Å². The van der Waals surface area contributed by atoms with Gasteiger partial charge >= 0.3 is 0 Å². The van der Waals surface area contributed by atoms with E-state index < -0.39 is 0 Å². The highest BCUT2D eigenvalue weighted by atomic mass is 16.5. The Morgan fingerprint density at radius 3 is 2.21 bits per heavy atom. The summed E-state index contributed by atoms with van der Waals surface area (Å²) in [6, 6.07) is 12.2. The Kier molecular flexibility index (Phi) is 16.0. The number of hydrogen-bond acceptors (Lipinski definition) is 9. The van der Waals surface area contributed by atoms with Gasteiger partial charge in [0.05, 0.1) is 65.8 Å². The maximum Gasteiger partial charge on any atom is 0.247 e. The number of nitrogens with zero attached hydrogens (tertiary/aromatic N) is 2. The third-order valence-electron chi connectivity index (χ3n) is 8.74. The first-order valence-electron chi connectivity index (χ1n) is 17.6. The SMILES string of the molecule is C#C/C(=C\C(=C/COC)c1nc(-c2ccc(OC)c(C)c2)c(-c2ccc(OC)c(C)c2)n1CC1=CC=C(C(=O)NCCOCCOCCN)CC1)OC. The number of rotatable bonds is 20. The molecule has 0 unspecified atom stereocenters. The van der Waals surface area contributed by atoms with Crippen LogP contribution in [0, 0.1) is 26.2 Å². The second kappa shape index (κ2) is 20.8. The lowest BCUT2D eigenvalue weighted by molar-refractivity contribution is -0.117. The number of hydrogen-bond donors (Lipinski definition) is 2. The summed E-state index contributed by atoms with van der Waals surface area (Å²) in [6.45, 7) is 7.57. The highest BCUT2D eigenvalue weighted by Crippen LogP contribution is 2.39. The molecular weight excluding hydrogens is 672 g/mol. The average molecular weight is 725 g/mol. The van der Waals surface area contributed by atoms with Crippen molar-refractivity contribution >= 4 is 11.5 Å². The van der Waals surface area contributed by atoms with E-state index in [1.807, 2.05) is 56.3 Å². The number of benzene rings is 2. The van der Waals surface area contributed by atoms with Crippen LogP contribution in [-0.2, 0) is 30.3 Å². The molecule has 53 heavy (non-hydrogen) atoms. The van der Waals surface area contributed by atoms with Gasteiger partial charge in [-0.05, 0) is 92.3 Å². The molecule has 1 aromatic heterocycles. The van der Waals surface area contributed by atoms with Gasteiger partial charge in [-0.25, -0.2) is 4.98 Å². The number of nitrogens with two attached hydrogens (primary N) is 1. The molecule has 0 saturated heterocycles. The van der Waals surface area contributed by atoms with Crippen LogP contribution in [-0.4, -0.2) is 90.0 Å². The van der Waals surface area contributed by atoms with Crippen molar-refractivity contribution in [2.45, 2.75) is 33.2 Å². The van der Waals surface area contributed by atoms with Crippen LogP contribution in [0.4, 0.5) is 0 Å². The second-order valence-corrected chi connectivity index (χ2v) is 12.3. The fourth-order valence-corrected chi connectivity index (χ4v) is 6.02. The van der Waals surface area contributed by atoms with Crippen molar-refractivity contribution < 1.29 is 33.2 Å². The van der Waals surface area contributed by atoms with Crippen molar-refractivity contribution in [1.29, 1.82) is 0 Å². The zero-order valence-electron chi connectivity index (χ0n) is 31.8. The van der Waals surface area contributed by atoms with Crippen LogP contribution in [0.1, 0.15) is 29.8 Å².